The molecule has 0 bridgehead atoms. The number of ether oxygens (including phenoxy) is 4. The molecule has 0 N–H and O–H groups in total. The van der Waals surface area contributed by atoms with Crippen molar-refractivity contribution in [2.24, 2.45) is 0 Å². The van der Waals surface area contributed by atoms with Crippen LogP contribution in [-0.2, 0) is 25.9 Å². The van der Waals surface area contributed by atoms with Crippen molar-refractivity contribution in [1.82, 2.24) is 0 Å². The third kappa shape index (κ3) is 17.1. The Morgan fingerprint density at radius 1 is 0.446 bits per heavy atom. The molecule has 1 aliphatic heterocycles. The van der Waals surface area contributed by atoms with Crippen LogP contribution in [0.3, 0.4) is 0 Å². The summed E-state index contributed by atoms with van der Waals surface area (Å²) >= 11 is 0. The zero-order valence-corrected chi connectivity index (χ0v) is 36.9. The molecule has 0 aliphatic carbocycles. The van der Waals surface area contributed by atoms with Crippen LogP contribution in [0.4, 0.5) is 0 Å². The predicted molar refractivity (Wildman–Crippen MR) is 234 cm³/mol. The number of benzene rings is 2. The lowest BCUT2D eigenvalue weighted by atomic mass is 10.0. The molecule has 56 heavy (non-hydrogen) atoms. The largest absolute Gasteiger partial charge is 0.632 e. The number of methoxy groups -OCH3 is 2. The van der Waals surface area contributed by atoms with Crippen LogP contribution in [0.2, 0.25) is 0 Å². The molecule has 0 spiro atoms. The van der Waals surface area contributed by atoms with Crippen LogP contribution in [-0.4, -0.2) is 62.9 Å². The average Bonchev–Trinajstić information content (AvgIpc) is 3.20. The number of hydrogen-bond acceptors (Lipinski definition) is 6. The van der Waals surface area contributed by atoms with Crippen molar-refractivity contribution >= 4 is 0 Å². The van der Waals surface area contributed by atoms with Gasteiger partial charge in [0.2, 0.25) is 0 Å². The Bertz CT molecular complexity index is 1240. The van der Waals surface area contributed by atoms with E-state index in [1.165, 1.54) is 103 Å². The predicted octanol–water partition coefficient (Wildman–Crippen LogP) is 12.8. The number of nitrogens with zero attached hydrogens (tertiary/aromatic N) is 2. The molecule has 2 aromatic carbocycles. The van der Waals surface area contributed by atoms with Gasteiger partial charge in [-0.2, -0.15) is 0 Å². The summed E-state index contributed by atoms with van der Waals surface area (Å²) in [7, 11) is 3.35. The number of unbranched alkanes of at least 4 members (excludes halogenated alkanes) is 18. The second kappa shape index (κ2) is 27.2. The van der Waals surface area contributed by atoms with Gasteiger partial charge in [0.1, 0.15) is 39.3 Å². The molecule has 0 unspecified atom stereocenters. The molecular weight excluding hydrogens is 701 g/mol. The molecule has 1 heterocycles. The van der Waals surface area contributed by atoms with E-state index in [0.717, 1.165) is 60.8 Å². The van der Waals surface area contributed by atoms with Gasteiger partial charge in [-0.15, -0.1) is 0 Å². The van der Waals surface area contributed by atoms with E-state index in [9.17, 15) is 10.4 Å². The molecule has 3 rings (SSSR count). The van der Waals surface area contributed by atoms with Crippen LogP contribution < -0.4 is 18.9 Å². The second-order valence-corrected chi connectivity index (χ2v) is 16.7. The number of hydrogen-bond donors (Lipinski definition) is 0. The number of hydroxylamine groups is 6. The summed E-state index contributed by atoms with van der Waals surface area (Å²) in [6, 6.07) is 8.31. The first-order valence-electron chi connectivity index (χ1n) is 23.0. The lowest BCUT2D eigenvalue weighted by molar-refractivity contribution is -1.00. The van der Waals surface area contributed by atoms with Crippen molar-refractivity contribution < 1.29 is 28.2 Å². The van der Waals surface area contributed by atoms with Crippen LogP contribution >= 0.6 is 0 Å². The lowest BCUT2D eigenvalue weighted by Gasteiger charge is -2.54. The Hall–Kier alpha value is -2.52. The Kier molecular flexibility index (Phi) is 23.3. The summed E-state index contributed by atoms with van der Waals surface area (Å²) in [4.78, 5) is 0. The number of aryl methyl sites for hydroxylation is 2. The maximum Gasteiger partial charge on any atom is 0.169 e. The van der Waals surface area contributed by atoms with Crippen LogP contribution in [0.25, 0.3) is 0 Å². The molecule has 8 nitrogen and oxygen atoms in total. The fourth-order valence-corrected chi connectivity index (χ4v) is 8.14. The van der Waals surface area contributed by atoms with Gasteiger partial charge in [0.25, 0.3) is 0 Å². The third-order valence-electron chi connectivity index (χ3n) is 11.9. The van der Waals surface area contributed by atoms with Crippen LogP contribution in [0.5, 0.6) is 23.0 Å². The molecule has 0 atom stereocenters. The minimum Gasteiger partial charge on any atom is -0.632 e. The van der Waals surface area contributed by atoms with E-state index < -0.39 is 9.29 Å². The number of piperazine rings is 1. The molecule has 320 valence electrons. The fourth-order valence-electron chi connectivity index (χ4n) is 8.14. The van der Waals surface area contributed by atoms with E-state index >= 15 is 0 Å². The van der Waals surface area contributed by atoms with Crippen molar-refractivity contribution in [1.29, 1.82) is 0 Å². The molecule has 0 radical (unpaired) electrons. The minimum absolute atomic E-state index is 0.249. The SMILES string of the molecule is CCCCCCCCCCCCOc1c(C[N+]2([O-])CC[N+]([O-])(Cc3cc(CC)cc(OC)c3OCCCCCCCCCCCC)CC2)cc(CC)cc1OC. The van der Waals surface area contributed by atoms with E-state index in [1.807, 2.05) is 12.1 Å². The van der Waals surface area contributed by atoms with Crippen LogP contribution in [0.15, 0.2) is 24.3 Å². The van der Waals surface area contributed by atoms with E-state index in [0.29, 0.717) is 36.2 Å². The van der Waals surface area contributed by atoms with Gasteiger partial charge in [-0.25, -0.2) is 0 Å². The summed E-state index contributed by atoms with van der Waals surface area (Å²) in [6.07, 6.45) is 27.0. The van der Waals surface area contributed by atoms with Gasteiger partial charge in [-0.1, -0.05) is 143 Å². The maximum atomic E-state index is 14.4. The molecule has 2 aromatic rings. The quantitative estimate of drug-likeness (QED) is 0.0417. The zero-order valence-electron chi connectivity index (χ0n) is 36.9. The first-order chi connectivity index (χ1) is 27.2. The Morgan fingerprint density at radius 3 is 1.04 bits per heavy atom. The number of quaternary nitrogens is 2. The van der Waals surface area contributed by atoms with Gasteiger partial charge < -0.3 is 38.7 Å². The molecule has 0 amide bonds. The van der Waals surface area contributed by atoms with Gasteiger partial charge >= 0.3 is 0 Å². The maximum absolute atomic E-state index is 14.4. The molecule has 1 saturated heterocycles. The first-order valence-corrected chi connectivity index (χ1v) is 23.0. The van der Waals surface area contributed by atoms with Gasteiger partial charge in [-0.05, 0) is 61.1 Å². The van der Waals surface area contributed by atoms with E-state index in [1.54, 1.807) is 14.2 Å². The van der Waals surface area contributed by atoms with Crippen LogP contribution in [0, 0.1) is 10.4 Å². The van der Waals surface area contributed by atoms with Crippen molar-refractivity contribution in [3.05, 3.63) is 56.9 Å². The highest BCUT2D eigenvalue weighted by molar-refractivity contribution is 5.50. The summed E-state index contributed by atoms with van der Waals surface area (Å²) in [5.41, 5.74) is 4.01. The van der Waals surface area contributed by atoms with E-state index in [4.69, 9.17) is 18.9 Å². The Morgan fingerprint density at radius 2 is 0.750 bits per heavy atom. The molecule has 0 aromatic heterocycles. The van der Waals surface area contributed by atoms with Crippen molar-refractivity contribution in [3.63, 3.8) is 0 Å². The average molecular weight is 783 g/mol. The summed E-state index contributed by atoms with van der Waals surface area (Å²) in [5, 5.41) is 28.8. The van der Waals surface area contributed by atoms with Gasteiger partial charge in [0, 0.05) is 0 Å². The third-order valence-corrected chi connectivity index (χ3v) is 11.9. The fraction of sp³-hybridized carbons (Fsp3) is 0.750. The zero-order chi connectivity index (χ0) is 40.5. The highest BCUT2D eigenvalue weighted by atomic mass is 16.6. The highest BCUT2D eigenvalue weighted by Crippen LogP contribution is 2.38. The highest BCUT2D eigenvalue weighted by Gasteiger charge is 2.35. The summed E-state index contributed by atoms with van der Waals surface area (Å²) < 4.78 is 23.6. The van der Waals surface area contributed by atoms with Crippen molar-refractivity contribution in [2.45, 2.75) is 182 Å². The smallest absolute Gasteiger partial charge is 0.169 e. The monoisotopic (exact) mass is 783 g/mol. The number of rotatable bonds is 32. The molecular formula is C48H82N2O6. The summed E-state index contributed by atoms with van der Waals surface area (Å²) in [5.74, 6) is 2.77. The topological polar surface area (TPSA) is 83.0 Å². The standard InChI is InChI=1S/C48H82N2O6/c1-7-11-13-15-17-19-21-23-25-27-33-55-47-43(35-41(9-3)37-45(47)53-5)39-49(51)29-31-50(52,32-30-49)40-44-36-42(10-4)38-46(54-6)48(44)56-34-28-26-24-22-20-18-16-14-12-8-2/h35-38H,7-34,39-40H2,1-6H3. The summed E-state index contributed by atoms with van der Waals surface area (Å²) in [6.45, 7) is 11.5. The van der Waals surface area contributed by atoms with Gasteiger partial charge in [-0.3, -0.25) is 0 Å². The van der Waals surface area contributed by atoms with Crippen molar-refractivity contribution in [2.75, 3.05) is 53.6 Å². The molecule has 1 fully saturated rings. The second-order valence-electron chi connectivity index (χ2n) is 16.7. The Balaban J connectivity index is 1.58. The Labute approximate surface area is 343 Å². The van der Waals surface area contributed by atoms with Crippen LogP contribution in [0.1, 0.15) is 178 Å². The molecule has 0 saturated carbocycles. The lowest BCUT2D eigenvalue weighted by Crippen LogP contribution is -2.61. The molecule has 1 aliphatic rings. The van der Waals surface area contributed by atoms with E-state index in [-0.39, 0.29) is 39.3 Å². The van der Waals surface area contributed by atoms with E-state index in [2.05, 4.69) is 39.8 Å². The van der Waals surface area contributed by atoms with Crippen molar-refractivity contribution in [3.8, 4) is 23.0 Å². The first kappa shape index (κ1) is 47.9. The normalized spacial score (nSPS) is 18.3. The molecule has 8 heteroatoms. The van der Waals surface area contributed by atoms with Gasteiger partial charge in [0.15, 0.2) is 23.0 Å². The minimum atomic E-state index is -0.437. The van der Waals surface area contributed by atoms with Gasteiger partial charge in [0.05, 0.1) is 38.6 Å².